The fourth-order valence-corrected chi connectivity index (χ4v) is 11.8. The number of hydrogen-bond donors (Lipinski definition) is 0. The summed E-state index contributed by atoms with van der Waals surface area (Å²) in [5.74, 6) is 0. The lowest BCUT2D eigenvalue weighted by atomic mass is 9.64. The predicted molar refractivity (Wildman–Crippen MR) is 275 cm³/mol. The topological polar surface area (TPSA) is 6.48 Å². The summed E-state index contributed by atoms with van der Waals surface area (Å²) in [4.78, 5) is 4.90. The largest absolute Gasteiger partial charge is 0.310 e. The van der Waals surface area contributed by atoms with E-state index in [1.165, 1.54) is 89.3 Å². The van der Waals surface area contributed by atoms with Gasteiger partial charge >= 0.3 is 0 Å². The molecule has 0 amide bonds. The van der Waals surface area contributed by atoms with E-state index < -0.39 is 5.41 Å². The van der Waals surface area contributed by atoms with Crippen molar-refractivity contribution in [3.8, 4) is 44.5 Å². The van der Waals surface area contributed by atoms with Crippen molar-refractivity contribution < 1.29 is 0 Å². The molecule has 2 aliphatic carbocycles. The number of para-hydroxylation sites is 4. The van der Waals surface area contributed by atoms with Crippen molar-refractivity contribution in [2.24, 2.45) is 0 Å². The average molecular weight is 843 g/mol. The average Bonchev–Trinajstić information content (AvgIpc) is 3.80. The third kappa shape index (κ3) is 5.42. The smallest absolute Gasteiger partial charge is 0.0754 e. The number of nitrogens with zero attached hydrogens (tertiary/aromatic N) is 2. The molecule has 0 radical (unpaired) electrons. The standard InChI is InChI=1S/C64H46N2/c1-63(2)53-28-12-9-25-50(53)51-41-40-47(42-58(51)63)65(59-33-16-11-24-48(59)43-20-5-3-6-21-43)46-38-36-44(37-39-46)49-27-19-32-57-62(49)52-26-10-13-29-54(52)64(57)55-30-14-17-34-60(55)66(45-22-7-4-8-23-45)61-35-18-15-31-56(61)64/h3-42H,1-2H3. The fourth-order valence-electron chi connectivity index (χ4n) is 11.8. The number of benzene rings is 10. The highest BCUT2D eigenvalue weighted by atomic mass is 15.2. The van der Waals surface area contributed by atoms with E-state index in [-0.39, 0.29) is 5.41 Å². The van der Waals surface area contributed by atoms with Crippen molar-refractivity contribution in [2.45, 2.75) is 24.7 Å². The Kier molecular flexibility index (Phi) is 8.51. The summed E-state index contributed by atoms with van der Waals surface area (Å²) in [7, 11) is 0. The molecule has 2 heteroatoms. The molecule has 2 nitrogen and oxygen atoms in total. The summed E-state index contributed by atoms with van der Waals surface area (Å²) in [5.41, 5.74) is 24.3. The molecule has 0 saturated heterocycles. The zero-order valence-corrected chi connectivity index (χ0v) is 37.0. The van der Waals surface area contributed by atoms with Crippen LogP contribution in [0.1, 0.15) is 47.2 Å². The monoisotopic (exact) mass is 842 g/mol. The summed E-state index contributed by atoms with van der Waals surface area (Å²) in [5, 5.41) is 0. The second-order valence-electron chi connectivity index (χ2n) is 18.4. The molecule has 0 fully saturated rings. The Morgan fingerprint density at radius 1 is 0.333 bits per heavy atom. The fraction of sp³-hybridized carbons (Fsp3) is 0.0625. The molecule has 312 valence electrons. The molecular formula is C64H46N2. The van der Waals surface area contributed by atoms with Crippen LogP contribution >= 0.6 is 0 Å². The Balaban J connectivity index is 0.988. The second kappa shape index (κ2) is 14.7. The van der Waals surface area contributed by atoms with Crippen LogP contribution in [0, 0.1) is 0 Å². The summed E-state index contributed by atoms with van der Waals surface area (Å²) < 4.78 is 0. The van der Waals surface area contributed by atoms with Gasteiger partial charge < -0.3 is 9.80 Å². The summed E-state index contributed by atoms with van der Waals surface area (Å²) in [6.45, 7) is 4.73. The van der Waals surface area contributed by atoms with Crippen LogP contribution in [0.4, 0.5) is 34.1 Å². The number of hydrogen-bond acceptors (Lipinski definition) is 2. The van der Waals surface area contributed by atoms with E-state index in [9.17, 15) is 0 Å². The SMILES string of the molecule is CC1(C)c2ccccc2-c2ccc(N(c3ccc(-c4cccc5c4-c4ccccc4C54c5ccccc5N(c5ccccc5)c5ccccc54)cc3)c3ccccc3-c3ccccc3)cc21. The molecule has 66 heavy (non-hydrogen) atoms. The maximum Gasteiger partial charge on any atom is 0.0754 e. The lowest BCUT2D eigenvalue weighted by Crippen LogP contribution is -2.36. The molecule has 1 aliphatic heterocycles. The van der Waals surface area contributed by atoms with Crippen LogP contribution in [0.3, 0.4) is 0 Å². The Morgan fingerprint density at radius 2 is 0.833 bits per heavy atom. The van der Waals surface area contributed by atoms with Gasteiger partial charge in [0.2, 0.25) is 0 Å². The second-order valence-corrected chi connectivity index (χ2v) is 18.4. The molecule has 10 aromatic rings. The van der Waals surface area contributed by atoms with Crippen molar-refractivity contribution in [3.63, 3.8) is 0 Å². The van der Waals surface area contributed by atoms with Gasteiger partial charge in [-0.25, -0.2) is 0 Å². The minimum absolute atomic E-state index is 0.128. The number of anilines is 6. The van der Waals surface area contributed by atoms with Crippen molar-refractivity contribution in [2.75, 3.05) is 9.80 Å². The first kappa shape index (κ1) is 38.3. The van der Waals surface area contributed by atoms with Gasteiger partial charge in [0.25, 0.3) is 0 Å². The van der Waals surface area contributed by atoms with E-state index in [1.54, 1.807) is 0 Å². The highest BCUT2D eigenvalue weighted by molar-refractivity contribution is 6.00. The van der Waals surface area contributed by atoms with Crippen LogP contribution in [0.15, 0.2) is 243 Å². The Bertz CT molecular complexity index is 3460. The van der Waals surface area contributed by atoms with E-state index in [0.717, 1.165) is 22.7 Å². The zero-order chi connectivity index (χ0) is 44.0. The van der Waals surface area contributed by atoms with Crippen molar-refractivity contribution in [1.82, 2.24) is 0 Å². The van der Waals surface area contributed by atoms with Gasteiger partial charge in [0.05, 0.1) is 22.5 Å². The quantitative estimate of drug-likeness (QED) is 0.165. The molecule has 13 rings (SSSR count). The third-order valence-corrected chi connectivity index (χ3v) is 14.7. The maximum absolute atomic E-state index is 2.46. The highest BCUT2D eigenvalue weighted by Crippen LogP contribution is 2.64. The molecule has 0 saturated carbocycles. The summed E-state index contributed by atoms with van der Waals surface area (Å²) >= 11 is 0. The molecule has 0 unspecified atom stereocenters. The molecule has 1 heterocycles. The van der Waals surface area contributed by atoms with Crippen molar-refractivity contribution in [3.05, 3.63) is 276 Å². The Morgan fingerprint density at radius 3 is 1.55 bits per heavy atom. The van der Waals surface area contributed by atoms with Gasteiger partial charge in [-0.3, -0.25) is 0 Å². The Hall–Kier alpha value is -8.20. The van der Waals surface area contributed by atoms with Crippen LogP contribution in [0.5, 0.6) is 0 Å². The van der Waals surface area contributed by atoms with Gasteiger partial charge in [0, 0.05) is 28.0 Å². The van der Waals surface area contributed by atoms with Crippen LogP contribution in [-0.4, -0.2) is 0 Å². The third-order valence-electron chi connectivity index (χ3n) is 14.7. The normalized spacial score (nSPS) is 14.1. The first-order valence-electron chi connectivity index (χ1n) is 23.1. The van der Waals surface area contributed by atoms with Gasteiger partial charge in [-0.1, -0.05) is 202 Å². The van der Waals surface area contributed by atoms with Gasteiger partial charge in [-0.15, -0.1) is 0 Å². The minimum atomic E-state index is -0.515. The summed E-state index contributed by atoms with van der Waals surface area (Å²) in [6.07, 6.45) is 0. The highest BCUT2D eigenvalue weighted by Gasteiger charge is 2.52. The lowest BCUT2D eigenvalue weighted by Gasteiger charge is -2.45. The predicted octanol–water partition coefficient (Wildman–Crippen LogP) is 16.9. The van der Waals surface area contributed by atoms with Crippen LogP contribution in [0.25, 0.3) is 44.5 Å². The first-order valence-corrected chi connectivity index (χ1v) is 23.1. The molecule has 0 bridgehead atoms. The van der Waals surface area contributed by atoms with E-state index in [4.69, 9.17) is 0 Å². The molecule has 3 aliphatic rings. The summed E-state index contributed by atoms with van der Waals surface area (Å²) in [6, 6.07) is 89.9. The van der Waals surface area contributed by atoms with E-state index in [1.807, 2.05) is 0 Å². The first-order chi connectivity index (χ1) is 32.5. The molecule has 0 aromatic heterocycles. The zero-order valence-electron chi connectivity index (χ0n) is 37.0. The minimum Gasteiger partial charge on any atom is -0.310 e. The van der Waals surface area contributed by atoms with Gasteiger partial charge in [0.15, 0.2) is 0 Å². The van der Waals surface area contributed by atoms with Gasteiger partial charge in [-0.05, 0) is 127 Å². The van der Waals surface area contributed by atoms with Crippen LogP contribution in [-0.2, 0) is 10.8 Å². The van der Waals surface area contributed by atoms with Gasteiger partial charge in [-0.2, -0.15) is 0 Å². The van der Waals surface area contributed by atoms with Crippen molar-refractivity contribution >= 4 is 34.1 Å². The van der Waals surface area contributed by atoms with Gasteiger partial charge in [0.1, 0.15) is 0 Å². The van der Waals surface area contributed by atoms with Crippen LogP contribution in [0.2, 0.25) is 0 Å². The molecule has 0 atom stereocenters. The molecular weight excluding hydrogens is 797 g/mol. The number of rotatable bonds is 6. The molecule has 1 spiro atoms. The lowest BCUT2D eigenvalue weighted by molar-refractivity contribution is 0.660. The molecule has 0 N–H and O–H groups in total. The van der Waals surface area contributed by atoms with Crippen molar-refractivity contribution in [1.29, 1.82) is 0 Å². The van der Waals surface area contributed by atoms with E-state index >= 15 is 0 Å². The van der Waals surface area contributed by atoms with Crippen LogP contribution < -0.4 is 9.80 Å². The number of fused-ring (bicyclic) bond motifs is 12. The van der Waals surface area contributed by atoms with E-state index in [2.05, 4.69) is 266 Å². The maximum atomic E-state index is 2.46. The Labute approximate surface area is 387 Å². The van der Waals surface area contributed by atoms with E-state index in [0.29, 0.717) is 0 Å². The molecule has 10 aromatic carbocycles.